The maximum Gasteiger partial charge on any atom is 0.268 e. The summed E-state index contributed by atoms with van der Waals surface area (Å²) in [5, 5.41) is 13.9. The lowest BCUT2D eigenvalue weighted by Gasteiger charge is -2.29. The van der Waals surface area contributed by atoms with Gasteiger partial charge in [-0.2, -0.15) is 0 Å². The number of hydrogen-bond donors (Lipinski definition) is 2. The van der Waals surface area contributed by atoms with Crippen molar-refractivity contribution >= 4 is 13.7 Å². The zero-order valence-corrected chi connectivity index (χ0v) is 48.9. The van der Waals surface area contributed by atoms with Gasteiger partial charge in [-0.3, -0.25) is 9.36 Å². The summed E-state index contributed by atoms with van der Waals surface area (Å²) >= 11 is 0. The fourth-order valence-electron chi connectivity index (χ4n) is 7.73. The third-order valence-electron chi connectivity index (χ3n) is 12.3. The van der Waals surface area contributed by atoms with E-state index in [4.69, 9.17) is 9.05 Å². The summed E-state index contributed by atoms with van der Waals surface area (Å²) in [6.45, 7) is 4.48. The second-order valence-electron chi connectivity index (χ2n) is 20.6. The standard InChI is InChI=1S/C65H111N2O6P/c1-6-8-10-12-14-16-18-20-22-24-26-28-29-30-31-32-33-34-35-36-37-39-41-43-45-47-49-51-53-55-57-59-65(69)66-63(62-73-74(70,71)72-61-60-67(3,4)5)64(68)58-56-54-52-50-48-46-44-42-40-38-27-25-23-21-19-17-15-13-11-9-7-2/h8,10,14,16,20,22,26,28,30-31,33-34,36-37,40-43,48,50,56,58,63-64,68H,6-7,9,11-13,15,17-19,21,23-25,27,29,32,35,38-39,44-47,49,51-55,57,59-62H2,1-5H3,(H-,66,69,70,71)/b10-8-,16-14-,22-20-,28-26-,31-30-,34-33-,37-36-,42-40+,43-41-,50-48+,58-56+. The number of rotatable bonds is 52. The maximum atomic E-state index is 13.0. The average molecular weight is 1050 g/mol. The van der Waals surface area contributed by atoms with E-state index in [-0.39, 0.29) is 12.5 Å². The number of nitrogens with zero attached hydrogens (tertiary/aromatic N) is 1. The van der Waals surface area contributed by atoms with E-state index in [1.165, 1.54) is 77.0 Å². The molecule has 0 aromatic rings. The monoisotopic (exact) mass is 1050 g/mol. The van der Waals surface area contributed by atoms with Gasteiger partial charge in [-0.05, 0) is 109 Å². The van der Waals surface area contributed by atoms with Crippen LogP contribution in [0.5, 0.6) is 0 Å². The second kappa shape index (κ2) is 54.4. The van der Waals surface area contributed by atoms with E-state index in [2.05, 4.69) is 141 Å². The third-order valence-corrected chi connectivity index (χ3v) is 13.3. The lowest BCUT2D eigenvalue weighted by Crippen LogP contribution is -2.45. The van der Waals surface area contributed by atoms with Crippen LogP contribution in [0.1, 0.15) is 219 Å². The Balaban J connectivity index is 4.34. The minimum atomic E-state index is -4.62. The Labute approximate surface area is 456 Å². The normalized spacial score (nSPS) is 14.9. The van der Waals surface area contributed by atoms with Gasteiger partial charge in [0.15, 0.2) is 0 Å². The van der Waals surface area contributed by atoms with E-state index in [1.54, 1.807) is 6.08 Å². The van der Waals surface area contributed by atoms with Crippen LogP contribution in [-0.4, -0.2) is 68.5 Å². The van der Waals surface area contributed by atoms with E-state index in [0.29, 0.717) is 17.4 Å². The van der Waals surface area contributed by atoms with Crippen LogP contribution in [0.2, 0.25) is 0 Å². The van der Waals surface area contributed by atoms with E-state index < -0.39 is 26.6 Å². The fraction of sp³-hybridized carbons (Fsp3) is 0.646. The Bertz CT molecular complexity index is 1660. The predicted octanol–water partition coefficient (Wildman–Crippen LogP) is 17.7. The van der Waals surface area contributed by atoms with Gasteiger partial charge in [0, 0.05) is 6.42 Å². The molecule has 422 valence electrons. The minimum Gasteiger partial charge on any atom is -0.756 e. The van der Waals surface area contributed by atoms with Crippen LogP contribution in [0.4, 0.5) is 0 Å². The van der Waals surface area contributed by atoms with Crippen LogP contribution >= 0.6 is 7.82 Å². The summed E-state index contributed by atoms with van der Waals surface area (Å²) in [5.74, 6) is -0.231. The molecule has 0 bridgehead atoms. The van der Waals surface area contributed by atoms with Crippen molar-refractivity contribution in [2.45, 2.75) is 231 Å². The molecule has 0 aromatic heterocycles. The van der Waals surface area contributed by atoms with E-state index in [9.17, 15) is 19.4 Å². The minimum absolute atomic E-state index is 0.0197. The number of likely N-dealkylation sites (N-methyl/N-ethyl adjacent to an activating group) is 1. The smallest absolute Gasteiger partial charge is 0.268 e. The van der Waals surface area contributed by atoms with Crippen molar-refractivity contribution in [3.8, 4) is 0 Å². The van der Waals surface area contributed by atoms with Crippen LogP contribution in [0, 0.1) is 0 Å². The molecular formula is C65H111N2O6P. The van der Waals surface area contributed by atoms with Gasteiger partial charge in [-0.25, -0.2) is 0 Å². The molecule has 0 saturated heterocycles. The quantitative estimate of drug-likeness (QED) is 0.0272. The summed E-state index contributed by atoms with van der Waals surface area (Å²) in [6.07, 6.45) is 82.4. The maximum absolute atomic E-state index is 13.0. The second-order valence-corrected chi connectivity index (χ2v) is 22.0. The number of phosphoric acid groups is 1. The van der Waals surface area contributed by atoms with Gasteiger partial charge in [-0.1, -0.05) is 237 Å². The van der Waals surface area contributed by atoms with E-state index in [0.717, 1.165) is 122 Å². The van der Waals surface area contributed by atoms with Gasteiger partial charge in [0.25, 0.3) is 7.82 Å². The molecule has 3 atom stereocenters. The highest BCUT2D eigenvalue weighted by atomic mass is 31.2. The van der Waals surface area contributed by atoms with Crippen molar-refractivity contribution in [3.05, 3.63) is 134 Å². The van der Waals surface area contributed by atoms with Crippen molar-refractivity contribution < 1.29 is 32.9 Å². The van der Waals surface area contributed by atoms with Crippen LogP contribution < -0.4 is 10.2 Å². The number of aliphatic hydroxyl groups is 1. The zero-order chi connectivity index (χ0) is 54.2. The Hall–Kier alpha value is -3.36. The molecule has 9 heteroatoms. The largest absolute Gasteiger partial charge is 0.756 e. The third kappa shape index (κ3) is 56.4. The lowest BCUT2D eigenvalue weighted by molar-refractivity contribution is -0.870. The molecule has 0 spiro atoms. The van der Waals surface area contributed by atoms with Crippen LogP contribution in [0.15, 0.2) is 134 Å². The van der Waals surface area contributed by atoms with Crippen molar-refractivity contribution in [2.24, 2.45) is 0 Å². The lowest BCUT2D eigenvalue weighted by atomic mass is 10.1. The number of unbranched alkanes of at least 4 members (excludes halogenated alkanes) is 19. The Kier molecular flexibility index (Phi) is 52.0. The molecule has 0 saturated carbocycles. The molecule has 0 aliphatic rings. The topological polar surface area (TPSA) is 108 Å². The Morgan fingerprint density at radius 3 is 1.26 bits per heavy atom. The fourth-order valence-corrected chi connectivity index (χ4v) is 8.45. The number of carbonyl (C=O) groups excluding carboxylic acids is 1. The Morgan fingerprint density at radius 2 is 0.838 bits per heavy atom. The highest BCUT2D eigenvalue weighted by molar-refractivity contribution is 7.45. The molecule has 2 N–H and O–H groups in total. The molecule has 0 fully saturated rings. The summed E-state index contributed by atoms with van der Waals surface area (Å²) in [6, 6.07) is -0.929. The summed E-state index contributed by atoms with van der Waals surface area (Å²) in [7, 11) is 1.20. The number of allylic oxidation sites excluding steroid dienone is 21. The number of nitrogens with one attached hydrogen (secondary N) is 1. The molecule has 74 heavy (non-hydrogen) atoms. The molecule has 0 heterocycles. The summed E-state index contributed by atoms with van der Waals surface area (Å²) in [4.78, 5) is 25.5. The number of carbonyl (C=O) groups is 1. The molecule has 1 amide bonds. The van der Waals surface area contributed by atoms with Gasteiger partial charge in [0.05, 0.1) is 39.9 Å². The first kappa shape index (κ1) is 70.6. The molecule has 8 nitrogen and oxygen atoms in total. The number of amides is 1. The number of hydrogen-bond acceptors (Lipinski definition) is 6. The van der Waals surface area contributed by atoms with Gasteiger partial charge in [-0.15, -0.1) is 0 Å². The molecule has 0 aliphatic heterocycles. The van der Waals surface area contributed by atoms with Crippen LogP contribution in [-0.2, 0) is 18.4 Å². The molecular weight excluding hydrogens is 936 g/mol. The molecule has 0 radical (unpaired) electrons. The van der Waals surface area contributed by atoms with Crippen molar-refractivity contribution in [3.63, 3.8) is 0 Å². The number of phosphoric ester groups is 1. The first-order valence-corrected chi connectivity index (χ1v) is 31.0. The van der Waals surface area contributed by atoms with Crippen molar-refractivity contribution in [2.75, 3.05) is 40.9 Å². The number of quaternary nitrogens is 1. The molecule has 0 rings (SSSR count). The molecule has 0 aliphatic carbocycles. The van der Waals surface area contributed by atoms with Crippen LogP contribution in [0.25, 0.3) is 0 Å². The van der Waals surface area contributed by atoms with Crippen molar-refractivity contribution in [1.82, 2.24) is 5.32 Å². The highest BCUT2D eigenvalue weighted by Gasteiger charge is 2.23. The van der Waals surface area contributed by atoms with Gasteiger partial charge < -0.3 is 28.8 Å². The Morgan fingerprint density at radius 1 is 0.486 bits per heavy atom. The first-order valence-electron chi connectivity index (χ1n) is 29.5. The van der Waals surface area contributed by atoms with Crippen LogP contribution in [0.3, 0.4) is 0 Å². The molecule has 0 aromatic carbocycles. The van der Waals surface area contributed by atoms with E-state index >= 15 is 0 Å². The van der Waals surface area contributed by atoms with Gasteiger partial charge >= 0.3 is 0 Å². The molecule has 3 unspecified atom stereocenters. The van der Waals surface area contributed by atoms with Gasteiger partial charge in [0.2, 0.25) is 5.91 Å². The summed E-state index contributed by atoms with van der Waals surface area (Å²) < 4.78 is 23.3. The first-order chi connectivity index (χ1) is 36.0. The average Bonchev–Trinajstić information content (AvgIpc) is 3.36. The van der Waals surface area contributed by atoms with Crippen molar-refractivity contribution in [1.29, 1.82) is 0 Å². The summed E-state index contributed by atoms with van der Waals surface area (Å²) in [5.41, 5.74) is 0. The zero-order valence-electron chi connectivity index (χ0n) is 48.0. The SMILES string of the molecule is CC/C=C\C/C=C\C/C=C\C/C=C\C/C=C\C/C=C\C/C=C\C/C=C\CCCCCCCCC(=O)NC(COP(=O)([O-])OCC[N+](C)(C)C)C(O)/C=C/CC/C=C/CC/C=C/CCCCCCCCCCCCC. The number of aliphatic hydroxyl groups excluding tert-OH is 1. The van der Waals surface area contributed by atoms with E-state index in [1.807, 2.05) is 27.2 Å². The van der Waals surface area contributed by atoms with Gasteiger partial charge in [0.1, 0.15) is 13.2 Å². The predicted molar refractivity (Wildman–Crippen MR) is 320 cm³/mol. The highest BCUT2D eigenvalue weighted by Crippen LogP contribution is 2.38.